The summed E-state index contributed by atoms with van der Waals surface area (Å²) >= 11 is 0. The van der Waals surface area contributed by atoms with Crippen LogP contribution < -0.4 is 5.32 Å². The van der Waals surface area contributed by atoms with Gasteiger partial charge in [0.05, 0.1) is 24.6 Å². The monoisotopic (exact) mass is 410 g/mol. The van der Waals surface area contributed by atoms with Gasteiger partial charge in [-0.1, -0.05) is 6.07 Å². The number of nitrogens with one attached hydrogen (secondary N) is 1. The first-order valence-electron chi connectivity index (χ1n) is 8.88. The average Bonchev–Trinajstić information content (AvgIpc) is 2.92. The van der Waals surface area contributed by atoms with Crippen LogP contribution in [0.1, 0.15) is 17.0 Å². The lowest BCUT2D eigenvalue weighted by molar-refractivity contribution is -0.116. The zero-order chi connectivity index (χ0) is 20.5. The second-order valence-electron chi connectivity index (χ2n) is 6.68. The number of aryl methyl sites for hydroxylation is 2. The summed E-state index contributed by atoms with van der Waals surface area (Å²) in [4.78, 5) is 12.5. The van der Waals surface area contributed by atoms with Crippen molar-refractivity contribution in [3.05, 3.63) is 41.0 Å². The van der Waals surface area contributed by atoms with Crippen LogP contribution in [0.4, 0.5) is 10.1 Å². The molecule has 2 aromatic rings. The molecule has 1 fully saturated rings. The molecule has 8 nitrogen and oxygen atoms in total. The average molecular weight is 410 g/mol. The normalized spacial score (nSPS) is 15.6. The highest BCUT2D eigenvalue weighted by Gasteiger charge is 2.32. The van der Waals surface area contributed by atoms with Crippen molar-refractivity contribution >= 4 is 21.6 Å². The Hall–Kier alpha value is -2.30. The molecule has 0 radical (unpaired) electrons. The Bertz CT molecular complexity index is 997. The molecule has 10 heteroatoms. The molecule has 0 spiro atoms. The van der Waals surface area contributed by atoms with Gasteiger partial charge in [-0.15, -0.1) is 0 Å². The van der Waals surface area contributed by atoms with Gasteiger partial charge in [-0.2, -0.15) is 9.40 Å². The Morgan fingerprint density at radius 3 is 2.61 bits per heavy atom. The first-order chi connectivity index (χ1) is 13.2. The van der Waals surface area contributed by atoms with Crippen LogP contribution in [0.2, 0.25) is 0 Å². The Morgan fingerprint density at radius 1 is 1.25 bits per heavy atom. The van der Waals surface area contributed by atoms with E-state index >= 15 is 0 Å². The maximum absolute atomic E-state index is 13.4. The fourth-order valence-electron chi connectivity index (χ4n) is 3.18. The number of hydrogen-bond donors (Lipinski definition) is 1. The highest BCUT2D eigenvalue weighted by molar-refractivity contribution is 7.89. The predicted molar refractivity (Wildman–Crippen MR) is 101 cm³/mol. The number of aromatic nitrogens is 2. The van der Waals surface area contributed by atoms with E-state index in [9.17, 15) is 17.6 Å². The second kappa shape index (κ2) is 7.98. The Morgan fingerprint density at radius 2 is 1.93 bits per heavy atom. The number of hydrogen-bond acceptors (Lipinski definition) is 5. The fraction of sp³-hybridized carbons (Fsp3) is 0.444. The Kier molecular flexibility index (Phi) is 5.82. The molecule has 1 aliphatic rings. The van der Waals surface area contributed by atoms with Gasteiger partial charge in [-0.05, 0) is 38.5 Å². The van der Waals surface area contributed by atoms with Gasteiger partial charge in [0.15, 0.2) is 0 Å². The first-order valence-corrected chi connectivity index (χ1v) is 10.3. The van der Waals surface area contributed by atoms with Crippen molar-refractivity contribution in [1.29, 1.82) is 0 Å². The summed E-state index contributed by atoms with van der Waals surface area (Å²) in [6.45, 7) is 6.06. The van der Waals surface area contributed by atoms with Gasteiger partial charge in [-0.3, -0.25) is 9.48 Å². The van der Waals surface area contributed by atoms with Crippen molar-refractivity contribution in [2.24, 2.45) is 0 Å². The summed E-state index contributed by atoms with van der Waals surface area (Å²) in [5.41, 5.74) is 1.81. The molecule has 1 amide bonds. The molecule has 152 valence electrons. The van der Waals surface area contributed by atoms with Gasteiger partial charge in [0.2, 0.25) is 15.9 Å². The summed E-state index contributed by atoms with van der Waals surface area (Å²) in [6.07, 6.45) is 0. The zero-order valence-corrected chi connectivity index (χ0v) is 16.8. The predicted octanol–water partition coefficient (Wildman–Crippen LogP) is 1.61. The number of sulfonamides is 1. The zero-order valence-electron chi connectivity index (χ0n) is 16.0. The third-order valence-electron chi connectivity index (χ3n) is 4.65. The number of ether oxygens (including phenoxy) is 1. The number of nitrogens with zero attached hydrogens (tertiary/aromatic N) is 3. The number of carbonyl (C=O) groups excluding carboxylic acids is 1. The van der Waals surface area contributed by atoms with Crippen LogP contribution in [-0.2, 0) is 26.1 Å². The number of benzene rings is 1. The maximum atomic E-state index is 13.4. The van der Waals surface area contributed by atoms with Crippen LogP contribution in [0.5, 0.6) is 0 Å². The minimum absolute atomic E-state index is 0.115. The highest BCUT2D eigenvalue weighted by atomic mass is 32.2. The molecular weight excluding hydrogens is 387 g/mol. The lowest BCUT2D eigenvalue weighted by Gasteiger charge is -2.26. The van der Waals surface area contributed by atoms with E-state index in [0.29, 0.717) is 30.3 Å². The number of rotatable bonds is 5. The van der Waals surface area contributed by atoms with Gasteiger partial charge in [0.25, 0.3) is 0 Å². The van der Waals surface area contributed by atoms with E-state index < -0.39 is 21.7 Å². The van der Waals surface area contributed by atoms with Crippen LogP contribution in [0, 0.1) is 26.6 Å². The van der Waals surface area contributed by atoms with Crippen LogP contribution in [0.3, 0.4) is 0 Å². The SMILES string of the molecule is Cc1ccc(F)cc1NC(=O)Cn1nc(C)c(S(=O)(=O)N2CCOCC2)c1C. The summed E-state index contributed by atoms with van der Waals surface area (Å²) < 4.78 is 47.3. The van der Waals surface area contributed by atoms with Gasteiger partial charge < -0.3 is 10.1 Å². The van der Waals surface area contributed by atoms with Gasteiger partial charge >= 0.3 is 0 Å². The number of amides is 1. The van der Waals surface area contributed by atoms with E-state index in [-0.39, 0.29) is 24.5 Å². The number of morpholine rings is 1. The van der Waals surface area contributed by atoms with E-state index in [1.165, 1.54) is 21.1 Å². The van der Waals surface area contributed by atoms with E-state index in [0.717, 1.165) is 5.56 Å². The quantitative estimate of drug-likeness (QED) is 0.808. The van der Waals surface area contributed by atoms with Crippen molar-refractivity contribution in [3.63, 3.8) is 0 Å². The van der Waals surface area contributed by atoms with Gasteiger partial charge in [0.1, 0.15) is 17.3 Å². The Labute approximate surface area is 163 Å². The minimum Gasteiger partial charge on any atom is -0.379 e. The van der Waals surface area contributed by atoms with Crippen LogP contribution in [0.25, 0.3) is 0 Å². The van der Waals surface area contributed by atoms with E-state index in [2.05, 4.69) is 10.4 Å². The minimum atomic E-state index is -3.72. The molecule has 0 atom stereocenters. The van der Waals surface area contributed by atoms with Crippen molar-refractivity contribution in [3.8, 4) is 0 Å². The summed E-state index contributed by atoms with van der Waals surface area (Å²) in [5, 5.41) is 6.88. The van der Waals surface area contributed by atoms with Crippen molar-refractivity contribution in [2.75, 3.05) is 31.6 Å². The van der Waals surface area contributed by atoms with Crippen molar-refractivity contribution in [2.45, 2.75) is 32.2 Å². The standard InChI is InChI=1S/C18H23FN4O4S/c1-12-4-5-15(19)10-16(12)20-17(24)11-23-14(3)18(13(2)21-23)28(25,26)22-6-8-27-9-7-22/h4-5,10H,6-9,11H2,1-3H3,(H,20,24). The van der Waals surface area contributed by atoms with Gasteiger partial charge in [-0.25, -0.2) is 12.8 Å². The Balaban J connectivity index is 1.81. The topological polar surface area (TPSA) is 93.5 Å². The van der Waals surface area contributed by atoms with Crippen molar-refractivity contribution < 1.29 is 22.3 Å². The second-order valence-corrected chi connectivity index (χ2v) is 8.56. The molecule has 1 aromatic heterocycles. The molecule has 28 heavy (non-hydrogen) atoms. The highest BCUT2D eigenvalue weighted by Crippen LogP contribution is 2.24. The molecule has 0 unspecified atom stereocenters. The maximum Gasteiger partial charge on any atom is 0.246 e. The molecule has 3 rings (SSSR count). The first kappa shape index (κ1) is 20.4. The molecule has 1 aliphatic heterocycles. The third kappa shape index (κ3) is 4.08. The molecule has 1 saturated heterocycles. The lowest BCUT2D eigenvalue weighted by atomic mass is 10.2. The van der Waals surface area contributed by atoms with E-state index in [1.54, 1.807) is 26.8 Å². The lowest BCUT2D eigenvalue weighted by Crippen LogP contribution is -2.41. The third-order valence-corrected chi connectivity index (χ3v) is 6.80. The smallest absolute Gasteiger partial charge is 0.246 e. The molecule has 0 aliphatic carbocycles. The van der Waals surface area contributed by atoms with Crippen LogP contribution in [-0.4, -0.2) is 54.7 Å². The van der Waals surface area contributed by atoms with Gasteiger partial charge in [0, 0.05) is 18.8 Å². The molecule has 0 bridgehead atoms. The van der Waals surface area contributed by atoms with E-state index in [4.69, 9.17) is 4.74 Å². The molecule has 2 heterocycles. The molecular formula is C18H23FN4O4S. The summed E-state index contributed by atoms with van der Waals surface area (Å²) in [7, 11) is -3.72. The van der Waals surface area contributed by atoms with Crippen LogP contribution in [0.15, 0.2) is 23.1 Å². The van der Waals surface area contributed by atoms with Crippen LogP contribution >= 0.6 is 0 Å². The number of anilines is 1. The molecule has 1 N–H and O–H groups in total. The summed E-state index contributed by atoms with van der Waals surface area (Å²) in [5.74, 6) is -0.875. The number of carbonyl (C=O) groups is 1. The molecule has 0 saturated carbocycles. The number of halogens is 1. The van der Waals surface area contributed by atoms with E-state index in [1.807, 2.05) is 0 Å². The fourth-order valence-corrected chi connectivity index (χ4v) is 4.96. The molecule has 1 aromatic carbocycles. The van der Waals surface area contributed by atoms with Crippen molar-refractivity contribution in [1.82, 2.24) is 14.1 Å². The summed E-state index contributed by atoms with van der Waals surface area (Å²) in [6, 6.07) is 4.12. The largest absolute Gasteiger partial charge is 0.379 e.